The molecule has 3 rings (SSSR count). The van der Waals surface area contributed by atoms with Crippen LogP contribution in [-0.2, 0) is 0 Å². The van der Waals surface area contributed by atoms with Crippen LogP contribution in [0.25, 0.3) is 11.1 Å². The van der Waals surface area contributed by atoms with Crippen LogP contribution >= 0.6 is 11.3 Å². The van der Waals surface area contributed by atoms with E-state index in [2.05, 4.69) is 5.32 Å². The van der Waals surface area contributed by atoms with Gasteiger partial charge in [-0.3, -0.25) is 9.59 Å². The zero-order chi connectivity index (χ0) is 18.7. The summed E-state index contributed by atoms with van der Waals surface area (Å²) in [5, 5.41) is 13.8. The molecule has 4 N–H and O–H groups in total. The third-order valence-corrected chi connectivity index (χ3v) is 4.58. The number of carbonyl (C=O) groups excluding carboxylic acids is 2. The number of amides is 2. The molecule has 0 saturated carbocycles. The normalized spacial score (nSPS) is 10.3. The first-order valence-corrected chi connectivity index (χ1v) is 8.46. The lowest BCUT2D eigenvalue weighted by atomic mass is 10.0. The van der Waals surface area contributed by atoms with Gasteiger partial charge in [-0.2, -0.15) is 0 Å². The number of primary amides is 1. The van der Waals surface area contributed by atoms with E-state index in [0.29, 0.717) is 10.6 Å². The number of benzene rings is 2. The van der Waals surface area contributed by atoms with E-state index in [9.17, 15) is 14.4 Å². The molecule has 0 unspecified atom stereocenters. The Labute approximate surface area is 152 Å². The second-order valence-corrected chi connectivity index (χ2v) is 6.36. The van der Waals surface area contributed by atoms with Crippen LogP contribution in [0.4, 0.5) is 5.00 Å². The molecule has 0 bridgehead atoms. The average molecular weight is 366 g/mol. The van der Waals surface area contributed by atoms with Gasteiger partial charge in [-0.25, -0.2) is 4.79 Å². The van der Waals surface area contributed by atoms with Gasteiger partial charge in [0.1, 0.15) is 5.00 Å². The molecular formula is C19H14N2O4S. The van der Waals surface area contributed by atoms with Crippen LogP contribution in [0.2, 0.25) is 0 Å². The molecule has 2 aromatic carbocycles. The number of nitrogens with one attached hydrogen (secondary N) is 1. The predicted molar refractivity (Wildman–Crippen MR) is 99.6 cm³/mol. The lowest BCUT2D eigenvalue weighted by Crippen LogP contribution is -2.16. The fourth-order valence-electron chi connectivity index (χ4n) is 2.42. The largest absolute Gasteiger partial charge is 0.478 e. The Morgan fingerprint density at radius 1 is 0.923 bits per heavy atom. The van der Waals surface area contributed by atoms with E-state index in [0.717, 1.165) is 11.1 Å². The summed E-state index contributed by atoms with van der Waals surface area (Å²) in [7, 11) is 0. The maximum Gasteiger partial charge on any atom is 0.335 e. The third kappa shape index (κ3) is 3.62. The van der Waals surface area contributed by atoms with Crippen molar-refractivity contribution in [3.8, 4) is 11.1 Å². The number of carbonyl (C=O) groups is 3. The molecule has 26 heavy (non-hydrogen) atoms. The van der Waals surface area contributed by atoms with Crippen LogP contribution in [0.15, 0.2) is 60.0 Å². The van der Waals surface area contributed by atoms with Crippen LogP contribution in [0.3, 0.4) is 0 Å². The zero-order valence-corrected chi connectivity index (χ0v) is 14.2. The van der Waals surface area contributed by atoms with E-state index < -0.39 is 11.9 Å². The Bertz CT molecular complexity index is 993. The summed E-state index contributed by atoms with van der Waals surface area (Å²) in [5.41, 5.74) is 7.67. The number of anilines is 1. The first kappa shape index (κ1) is 17.4. The molecule has 0 aliphatic heterocycles. The van der Waals surface area contributed by atoms with Gasteiger partial charge in [-0.15, -0.1) is 11.3 Å². The van der Waals surface area contributed by atoms with Crippen molar-refractivity contribution in [2.75, 3.05) is 5.32 Å². The smallest absolute Gasteiger partial charge is 0.335 e. The number of rotatable bonds is 5. The van der Waals surface area contributed by atoms with Gasteiger partial charge in [0.25, 0.3) is 11.8 Å². The molecule has 7 heteroatoms. The summed E-state index contributed by atoms with van der Waals surface area (Å²) >= 11 is 1.22. The molecule has 0 aliphatic carbocycles. The number of aromatic carboxylic acids is 1. The highest BCUT2D eigenvalue weighted by molar-refractivity contribution is 7.14. The number of carboxylic acids is 1. The van der Waals surface area contributed by atoms with Gasteiger partial charge in [0.15, 0.2) is 0 Å². The molecule has 0 radical (unpaired) electrons. The van der Waals surface area contributed by atoms with E-state index in [1.165, 1.54) is 17.4 Å². The van der Waals surface area contributed by atoms with Gasteiger partial charge >= 0.3 is 5.97 Å². The summed E-state index contributed by atoms with van der Waals surface area (Å²) in [6.45, 7) is 0. The molecule has 6 nitrogen and oxygen atoms in total. The minimum atomic E-state index is -0.996. The fraction of sp³-hybridized carbons (Fsp3) is 0. The molecule has 0 atom stereocenters. The molecule has 1 heterocycles. The minimum absolute atomic E-state index is 0.195. The lowest BCUT2D eigenvalue weighted by molar-refractivity contribution is 0.0696. The summed E-state index contributed by atoms with van der Waals surface area (Å²) in [6, 6.07) is 14.9. The van der Waals surface area contributed by atoms with Crippen molar-refractivity contribution in [2.45, 2.75) is 0 Å². The second-order valence-electron chi connectivity index (χ2n) is 5.45. The van der Waals surface area contributed by atoms with Crippen LogP contribution in [-0.4, -0.2) is 22.9 Å². The Morgan fingerprint density at radius 3 is 2.31 bits per heavy atom. The maximum atomic E-state index is 12.3. The van der Waals surface area contributed by atoms with Crippen LogP contribution in [0.5, 0.6) is 0 Å². The Hall–Kier alpha value is -3.45. The van der Waals surface area contributed by atoms with Crippen molar-refractivity contribution in [1.29, 1.82) is 0 Å². The number of hydrogen-bond acceptors (Lipinski definition) is 4. The number of carboxylic acid groups (broad SMARTS) is 1. The van der Waals surface area contributed by atoms with E-state index in [4.69, 9.17) is 10.8 Å². The summed E-state index contributed by atoms with van der Waals surface area (Å²) < 4.78 is 0. The number of nitrogens with two attached hydrogens (primary N) is 1. The minimum Gasteiger partial charge on any atom is -0.478 e. The highest BCUT2D eigenvalue weighted by Crippen LogP contribution is 2.25. The molecule has 2 amide bonds. The highest BCUT2D eigenvalue weighted by Gasteiger charge is 2.14. The highest BCUT2D eigenvalue weighted by atomic mass is 32.1. The Morgan fingerprint density at radius 2 is 1.65 bits per heavy atom. The van der Waals surface area contributed by atoms with Crippen LogP contribution in [0, 0.1) is 0 Å². The summed E-state index contributed by atoms with van der Waals surface area (Å²) in [4.78, 5) is 34.7. The van der Waals surface area contributed by atoms with E-state index in [1.807, 2.05) is 0 Å². The van der Waals surface area contributed by atoms with Crippen molar-refractivity contribution in [1.82, 2.24) is 0 Å². The molecule has 130 valence electrons. The van der Waals surface area contributed by atoms with E-state index >= 15 is 0 Å². The van der Waals surface area contributed by atoms with Crippen molar-refractivity contribution >= 4 is 34.1 Å². The van der Waals surface area contributed by atoms with Crippen LogP contribution in [0.1, 0.15) is 31.1 Å². The standard InChI is InChI=1S/C19H14N2O4S/c20-16(22)15-8-9-26-18(15)21-17(23)12-6-4-11(5-7-12)13-2-1-3-14(10-13)19(24)25/h1-10H,(H2,20,22)(H,21,23)(H,24,25). The fourth-order valence-corrected chi connectivity index (χ4v) is 3.21. The van der Waals surface area contributed by atoms with Gasteiger partial charge in [0, 0.05) is 5.56 Å². The lowest BCUT2D eigenvalue weighted by Gasteiger charge is -2.07. The molecule has 1 aromatic heterocycles. The predicted octanol–water partition coefficient (Wildman–Crippen LogP) is 3.46. The molecule has 0 saturated heterocycles. The van der Waals surface area contributed by atoms with Crippen molar-refractivity contribution in [3.05, 3.63) is 76.7 Å². The quantitative estimate of drug-likeness (QED) is 0.642. The third-order valence-electron chi connectivity index (χ3n) is 3.75. The SMILES string of the molecule is NC(=O)c1ccsc1NC(=O)c1ccc(-c2cccc(C(=O)O)c2)cc1. The molecule has 3 aromatic rings. The van der Waals surface area contributed by atoms with E-state index in [1.54, 1.807) is 53.9 Å². The number of thiophene rings is 1. The van der Waals surface area contributed by atoms with Crippen molar-refractivity contribution in [3.63, 3.8) is 0 Å². The van der Waals surface area contributed by atoms with Gasteiger partial charge in [-0.1, -0.05) is 24.3 Å². The van der Waals surface area contributed by atoms with Gasteiger partial charge in [0.05, 0.1) is 11.1 Å². The van der Waals surface area contributed by atoms with Gasteiger partial charge in [0.2, 0.25) is 0 Å². The maximum absolute atomic E-state index is 12.3. The topological polar surface area (TPSA) is 109 Å². The Kier molecular flexibility index (Phi) is 4.81. The molecule has 0 spiro atoms. The first-order chi connectivity index (χ1) is 12.5. The van der Waals surface area contributed by atoms with Crippen LogP contribution < -0.4 is 11.1 Å². The molecule has 0 aliphatic rings. The van der Waals surface area contributed by atoms with Gasteiger partial charge < -0.3 is 16.2 Å². The number of hydrogen-bond donors (Lipinski definition) is 3. The zero-order valence-electron chi connectivity index (χ0n) is 13.4. The van der Waals surface area contributed by atoms with Gasteiger partial charge in [-0.05, 0) is 46.8 Å². The van der Waals surface area contributed by atoms with E-state index in [-0.39, 0.29) is 17.0 Å². The first-order valence-electron chi connectivity index (χ1n) is 7.58. The van der Waals surface area contributed by atoms with Crippen molar-refractivity contribution in [2.24, 2.45) is 5.73 Å². The Balaban J connectivity index is 1.80. The average Bonchev–Trinajstić information content (AvgIpc) is 3.10. The molecular weight excluding hydrogens is 352 g/mol. The monoisotopic (exact) mass is 366 g/mol. The second kappa shape index (κ2) is 7.20. The summed E-state index contributed by atoms with van der Waals surface area (Å²) in [5.74, 6) is -1.96. The van der Waals surface area contributed by atoms with Crippen molar-refractivity contribution < 1.29 is 19.5 Å². The molecule has 0 fully saturated rings. The summed E-state index contributed by atoms with van der Waals surface area (Å²) in [6.07, 6.45) is 0.